The third-order valence-corrected chi connectivity index (χ3v) is 4.13. The molecule has 0 aliphatic carbocycles. The van der Waals surface area contributed by atoms with Gasteiger partial charge in [0.15, 0.2) is 0 Å². The van der Waals surface area contributed by atoms with Gasteiger partial charge in [0.05, 0.1) is 11.3 Å². The molecule has 0 spiro atoms. The molecule has 0 bridgehead atoms. The fraction of sp³-hybridized carbons (Fsp3) is 0.100. The molecule has 2 heterocycles. The minimum absolute atomic E-state index is 0.175. The van der Waals surface area contributed by atoms with Crippen LogP contribution in [0.2, 0.25) is 0 Å². The van der Waals surface area contributed by atoms with Gasteiger partial charge in [-0.05, 0) is 35.9 Å². The van der Waals surface area contributed by atoms with Crippen LogP contribution in [0.1, 0.15) is 11.1 Å². The minimum atomic E-state index is -4.65. The Morgan fingerprint density at radius 3 is 2.54 bits per heavy atom. The first-order chi connectivity index (χ1) is 13.4. The highest BCUT2D eigenvalue weighted by atomic mass is 19.4. The van der Waals surface area contributed by atoms with Crippen LogP contribution in [0.4, 0.5) is 13.2 Å². The molecule has 0 saturated heterocycles. The number of aromatic nitrogens is 2. The standard InChI is InChI=1S/C20H13F3N2O3/c21-20(22,23)17-11-19(26)28-18-10-15(6-7-16(17)18)27-12-13-2-4-14(5-3-13)25-9-1-8-24-25/h1-11H,12H2. The summed E-state index contributed by atoms with van der Waals surface area (Å²) in [6.07, 6.45) is -1.14. The number of hydrogen-bond donors (Lipinski definition) is 0. The van der Waals surface area contributed by atoms with Gasteiger partial charge in [0, 0.05) is 29.9 Å². The Morgan fingerprint density at radius 1 is 1.07 bits per heavy atom. The van der Waals surface area contributed by atoms with Gasteiger partial charge in [0.2, 0.25) is 0 Å². The Bertz CT molecular complexity index is 1160. The number of nitrogens with zero attached hydrogens (tertiary/aromatic N) is 2. The molecular weight excluding hydrogens is 373 g/mol. The van der Waals surface area contributed by atoms with Crippen LogP contribution in [0.25, 0.3) is 16.7 Å². The number of ether oxygens (including phenoxy) is 1. The summed E-state index contributed by atoms with van der Waals surface area (Å²) in [6.45, 7) is 0.202. The number of halogens is 3. The predicted octanol–water partition coefficient (Wildman–Crippen LogP) is 4.58. The third kappa shape index (κ3) is 3.62. The van der Waals surface area contributed by atoms with Gasteiger partial charge in [-0.3, -0.25) is 0 Å². The maximum absolute atomic E-state index is 13.1. The normalized spacial score (nSPS) is 11.7. The van der Waals surface area contributed by atoms with Crippen LogP contribution in [0.3, 0.4) is 0 Å². The largest absolute Gasteiger partial charge is 0.489 e. The van der Waals surface area contributed by atoms with Gasteiger partial charge in [0.25, 0.3) is 0 Å². The molecule has 4 rings (SSSR count). The molecule has 28 heavy (non-hydrogen) atoms. The molecule has 0 fully saturated rings. The van der Waals surface area contributed by atoms with Crippen LogP contribution in [0.15, 0.2) is 76.2 Å². The van der Waals surface area contributed by atoms with Gasteiger partial charge in [-0.2, -0.15) is 18.3 Å². The molecule has 0 aliphatic heterocycles. The Labute approximate surface area is 156 Å². The van der Waals surface area contributed by atoms with E-state index >= 15 is 0 Å². The fourth-order valence-corrected chi connectivity index (χ4v) is 2.80. The van der Waals surface area contributed by atoms with E-state index in [0.717, 1.165) is 11.3 Å². The molecule has 4 aromatic rings. The Morgan fingerprint density at radius 2 is 1.86 bits per heavy atom. The SMILES string of the molecule is O=c1cc(C(F)(F)F)c2ccc(OCc3ccc(-n4cccn4)cc3)cc2o1. The zero-order valence-corrected chi connectivity index (χ0v) is 14.3. The van der Waals surface area contributed by atoms with Crippen LogP contribution in [0, 0.1) is 0 Å². The Balaban J connectivity index is 1.55. The first kappa shape index (κ1) is 17.8. The molecule has 0 N–H and O–H groups in total. The quantitative estimate of drug-likeness (QED) is 0.482. The fourth-order valence-electron chi connectivity index (χ4n) is 2.80. The van der Waals surface area contributed by atoms with E-state index in [0.29, 0.717) is 11.8 Å². The predicted molar refractivity (Wildman–Crippen MR) is 95.4 cm³/mol. The smallest absolute Gasteiger partial charge is 0.417 e. The molecule has 2 aromatic carbocycles. The monoisotopic (exact) mass is 386 g/mol. The summed E-state index contributed by atoms with van der Waals surface area (Å²) in [5.74, 6) is 0.297. The van der Waals surface area contributed by atoms with E-state index in [9.17, 15) is 18.0 Å². The lowest BCUT2D eigenvalue weighted by atomic mass is 10.1. The summed E-state index contributed by atoms with van der Waals surface area (Å²) in [6, 6.07) is 13.7. The Kier molecular flexibility index (Phi) is 4.38. The summed E-state index contributed by atoms with van der Waals surface area (Å²) in [4.78, 5) is 11.5. The number of fused-ring (bicyclic) bond motifs is 1. The van der Waals surface area contributed by atoms with Crippen molar-refractivity contribution in [2.45, 2.75) is 12.8 Å². The van der Waals surface area contributed by atoms with Crippen molar-refractivity contribution < 1.29 is 22.3 Å². The molecule has 0 radical (unpaired) electrons. The molecular formula is C20H13F3N2O3. The highest BCUT2D eigenvalue weighted by molar-refractivity contribution is 5.82. The van der Waals surface area contributed by atoms with Gasteiger partial charge < -0.3 is 9.15 Å². The molecule has 0 aliphatic rings. The third-order valence-electron chi connectivity index (χ3n) is 4.13. The lowest BCUT2D eigenvalue weighted by molar-refractivity contribution is -0.136. The molecule has 2 aromatic heterocycles. The number of rotatable bonds is 4. The summed E-state index contributed by atoms with van der Waals surface area (Å²) in [5.41, 5.74) is -0.514. The average Bonchev–Trinajstić information content (AvgIpc) is 3.20. The van der Waals surface area contributed by atoms with E-state index in [1.54, 1.807) is 10.9 Å². The van der Waals surface area contributed by atoms with Gasteiger partial charge in [-0.25, -0.2) is 9.48 Å². The van der Waals surface area contributed by atoms with Gasteiger partial charge in [-0.1, -0.05) is 12.1 Å². The van der Waals surface area contributed by atoms with Crippen molar-refractivity contribution in [2.24, 2.45) is 0 Å². The molecule has 0 saturated carbocycles. The van der Waals surface area contributed by atoms with E-state index < -0.39 is 17.4 Å². The van der Waals surface area contributed by atoms with Crippen LogP contribution in [-0.2, 0) is 12.8 Å². The summed E-state index contributed by atoms with van der Waals surface area (Å²) in [5, 5.41) is 3.95. The molecule has 5 nitrogen and oxygen atoms in total. The lowest BCUT2D eigenvalue weighted by Crippen LogP contribution is -2.11. The lowest BCUT2D eigenvalue weighted by Gasteiger charge is -2.11. The number of benzene rings is 2. The van der Waals surface area contributed by atoms with E-state index in [-0.39, 0.29) is 17.6 Å². The van der Waals surface area contributed by atoms with Gasteiger partial charge in [0.1, 0.15) is 17.9 Å². The van der Waals surface area contributed by atoms with E-state index in [1.165, 1.54) is 18.2 Å². The highest BCUT2D eigenvalue weighted by Crippen LogP contribution is 2.34. The van der Waals surface area contributed by atoms with Crippen molar-refractivity contribution >= 4 is 11.0 Å². The number of alkyl halides is 3. The molecule has 0 atom stereocenters. The van der Waals surface area contributed by atoms with Crippen molar-refractivity contribution in [3.8, 4) is 11.4 Å². The molecule has 142 valence electrons. The van der Waals surface area contributed by atoms with Crippen molar-refractivity contribution in [1.82, 2.24) is 9.78 Å². The topological polar surface area (TPSA) is 57.3 Å². The maximum atomic E-state index is 13.1. The molecule has 0 amide bonds. The van der Waals surface area contributed by atoms with Crippen LogP contribution in [0.5, 0.6) is 5.75 Å². The van der Waals surface area contributed by atoms with Gasteiger partial charge >= 0.3 is 11.8 Å². The summed E-state index contributed by atoms with van der Waals surface area (Å²) >= 11 is 0. The first-order valence-electron chi connectivity index (χ1n) is 8.27. The van der Waals surface area contributed by atoms with Crippen molar-refractivity contribution in [2.75, 3.05) is 0 Å². The van der Waals surface area contributed by atoms with Gasteiger partial charge in [-0.15, -0.1) is 0 Å². The second kappa shape index (κ2) is 6.88. The summed E-state index contributed by atoms with van der Waals surface area (Å²) < 4.78 is 51.5. The second-order valence-corrected chi connectivity index (χ2v) is 6.04. The van der Waals surface area contributed by atoms with E-state index in [4.69, 9.17) is 9.15 Å². The second-order valence-electron chi connectivity index (χ2n) is 6.04. The van der Waals surface area contributed by atoms with Crippen LogP contribution < -0.4 is 10.4 Å². The molecule has 8 heteroatoms. The number of hydrogen-bond acceptors (Lipinski definition) is 4. The molecule has 0 unspecified atom stereocenters. The zero-order chi connectivity index (χ0) is 19.7. The Hall–Kier alpha value is -3.55. The zero-order valence-electron chi connectivity index (χ0n) is 14.3. The van der Waals surface area contributed by atoms with Crippen molar-refractivity contribution in [1.29, 1.82) is 0 Å². The van der Waals surface area contributed by atoms with E-state index in [2.05, 4.69) is 5.10 Å². The van der Waals surface area contributed by atoms with E-state index in [1.807, 2.05) is 36.5 Å². The minimum Gasteiger partial charge on any atom is -0.489 e. The van der Waals surface area contributed by atoms with Crippen molar-refractivity contribution in [3.63, 3.8) is 0 Å². The first-order valence-corrected chi connectivity index (χ1v) is 8.27. The average molecular weight is 386 g/mol. The van der Waals surface area contributed by atoms with Crippen molar-refractivity contribution in [3.05, 3.63) is 88.5 Å². The maximum Gasteiger partial charge on any atom is 0.417 e. The van der Waals surface area contributed by atoms with Crippen LogP contribution >= 0.6 is 0 Å². The summed E-state index contributed by atoms with van der Waals surface area (Å²) in [7, 11) is 0. The highest BCUT2D eigenvalue weighted by Gasteiger charge is 2.33. The van der Waals surface area contributed by atoms with Crippen LogP contribution in [-0.4, -0.2) is 9.78 Å².